The normalized spacial score (nSPS) is 14.4. The van der Waals surface area contributed by atoms with Crippen molar-refractivity contribution >= 4 is 5.97 Å². The number of nitriles is 1. The number of hydrogen-bond acceptors (Lipinski definition) is 4. The molecule has 1 aromatic heterocycles. The van der Waals surface area contributed by atoms with Crippen LogP contribution in [0.4, 0.5) is 0 Å². The fraction of sp³-hybridized carbons (Fsp3) is 0.500. The molecule has 0 fully saturated rings. The predicted molar refractivity (Wildman–Crippen MR) is 46.2 cm³/mol. The first-order valence-corrected chi connectivity index (χ1v) is 4.10. The van der Waals surface area contributed by atoms with E-state index in [0.717, 1.165) is 0 Å². The van der Waals surface area contributed by atoms with Crippen molar-refractivity contribution in [3.8, 4) is 6.07 Å². The van der Waals surface area contributed by atoms with Crippen LogP contribution in [0.2, 0.25) is 0 Å². The lowest BCUT2D eigenvalue weighted by Crippen LogP contribution is -2.22. The molecular formula is C8H10N4O2. The highest BCUT2D eigenvalue weighted by Gasteiger charge is 2.21. The Bertz CT molecular complexity index is 379. The van der Waals surface area contributed by atoms with Crippen molar-refractivity contribution < 1.29 is 9.90 Å². The molecule has 14 heavy (non-hydrogen) atoms. The average Bonchev–Trinajstić information content (AvgIpc) is 2.63. The second-order valence-electron chi connectivity index (χ2n) is 3.03. The quantitative estimate of drug-likeness (QED) is 0.753. The summed E-state index contributed by atoms with van der Waals surface area (Å²) in [5.41, 5.74) is 0. The summed E-state index contributed by atoms with van der Waals surface area (Å²) in [5.74, 6) is -1.41. The fourth-order valence-corrected chi connectivity index (χ4v) is 0.958. The lowest BCUT2D eigenvalue weighted by Gasteiger charge is -2.15. The Kier molecular flexibility index (Phi) is 2.82. The first-order valence-electron chi connectivity index (χ1n) is 4.10. The van der Waals surface area contributed by atoms with Crippen molar-refractivity contribution in [2.45, 2.75) is 19.9 Å². The van der Waals surface area contributed by atoms with Crippen molar-refractivity contribution in [2.24, 2.45) is 5.92 Å². The molecule has 0 saturated carbocycles. The third-order valence-corrected chi connectivity index (χ3v) is 2.14. The molecule has 1 rings (SSSR count). The summed E-state index contributed by atoms with van der Waals surface area (Å²) in [4.78, 5) is 14.4. The highest BCUT2D eigenvalue weighted by atomic mass is 16.4. The maximum atomic E-state index is 10.7. The minimum absolute atomic E-state index is 0.0504. The molecule has 0 aromatic carbocycles. The Hall–Kier alpha value is -1.90. The number of nitrogens with zero attached hydrogens (tertiary/aromatic N) is 4. The van der Waals surface area contributed by atoms with Gasteiger partial charge in [0.25, 0.3) is 5.82 Å². The topological polar surface area (TPSA) is 91.8 Å². The Balaban J connectivity index is 2.84. The van der Waals surface area contributed by atoms with Gasteiger partial charge in [-0.3, -0.25) is 4.79 Å². The summed E-state index contributed by atoms with van der Waals surface area (Å²) in [5, 5.41) is 21.0. The molecule has 0 aliphatic carbocycles. The molecule has 0 bridgehead atoms. The molecule has 0 amide bonds. The van der Waals surface area contributed by atoms with E-state index in [1.165, 1.54) is 11.0 Å². The zero-order valence-corrected chi connectivity index (χ0v) is 7.88. The van der Waals surface area contributed by atoms with E-state index in [0.29, 0.717) is 0 Å². The van der Waals surface area contributed by atoms with Crippen molar-refractivity contribution in [1.82, 2.24) is 14.8 Å². The maximum Gasteiger partial charge on any atom is 0.308 e. The van der Waals surface area contributed by atoms with Crippen LogP contribution in [0.15, 0.2) is 6.33 Å². The van der Waals surface area contributed by atoms with E-state index in [4.69, 9.17) is 10.4 Å². The number of hydrogen-bond donors (Lipinski definition) is 1. The first-order chi connectivity index (χ1) is 6.56. The summed E-state index contributed by atoms with van der Waals surface area (Å²) in [6, 6.07) is 1.46. The summed E-state index contributed by atoms with van der Waals surface area (Å²) in [6.07, 6.45) is 1.36. The zero-order valence-electron chi connectivity index (χ0n) is 7.88. The van der Waals surface area contributed by atoms with Crippen LogP contribution in [0, 0.1) is 17.2 Å². The Labute approximate surface area is 80.8 Å². The van der Waals surface area contributed by atoms with E-state index in [2.05, 4.69) is 10.1 Å². The number of carboxylic acids is 1. The monoisotopic (exact) mass is 194 g/mol. The molecule has 0 spiro atoms. The smallest absolute Gasteiger partial charge is 0.308 e. The van der Waals surface area contributed by atoms with Crippen molar-refractivity contribution in [3.05, 3.63) is 12.2 Å². The largest absolute Gasteiger partial charge is 0.481 e. The van der Waals surface area contributed by atoms with Gasteiger partial charge in [0.2, 0.25) is 0 Å². The van der Waals surface area contributed by atoms with Gasteiger partial charge >= 0.3 is 5.97 Å². The van der Waals surface area contributed by atoms with Gasteiger partial charge in [-0.15, -0.1) is 5.10 Å². The van der Waals surface area contributed by atoms with Crippen LogP contribution in [-0.4, -0.2) is 25.8 Å². The van der Waals surface area contributed by atoms with Gasteiger partial charge in [0, 0.05) is 0 Å². The summed E-state index contributed by atoms with van der Waals surface area (Å²) in [7, 11) is 0. The van der Waals surface area contributed by atoms with Crippen molar-refractivity contribution in [2.75, 3.05) is 0 Å². The number of carboxylic acid groups (broad SMARTS) is 1. The van der Waals surface area contributed by atoms with Crippen LogP contribution in [-0.2, 0) is 4.79 Å². The van der Waals surface area contributed by atoms with E-state index in [9.17, 15) is 4.79 Å². The number of carbonyl (C=O) groups is 1. The van der Waals surface area contributed by atoms with E-state index < -0.39 is 11.9 Å². The van der Waals surface area contributed by atoms with Gasteiger partial charge in [-0.25, -0.2) is 9.67 Å². The number of aliphatic carboxylic acids is 1. The van der Waals surface area contributed by atoms with Crippen LogP contribution < -0.4 is 0 Å². The van der Waals surface area contributed by atoms with Crippen LogP contribution >= 0.6 is 0 Å². The van der Waals surface area contributed by atoms with Crippen LogP contribution in [0.1, 0.15) is 25.7 Å². The Morgan fingerprint density at radius 2 is 2.36 bits per heavy atom. The highest BCUT2D eigenvalue weighted by Crippen LogP contribution is 2.15. The molecule has 0 aliphatic rings. The standard InChI is InChI=1S/C8H10N4O2/c1-5(8(13)14)6(2)12-4-10-7(3-9)11-12/h4-6H,1-2H3,(H,13,14). The van der Waals surface area contributed by atoms with Gasteiger partial charge in [0.05, 0.1) is 12.0 Å². The molecule has 1 aromatic rings. The first kappa shape index (κ1) is 10.2. The SMILES string of the molecule is CC(C(=O)O)C(C)n1cnc(C#N)n1. The van der Waals surface area contributed by atoms with E-state index in [1.807, 2.05) is 0 Å². The number of aromatic nitrogens is 3. The Morgan fingerprint density at radius 3 is 2.79 bits per heavy atom. The summed E-state index contributed by atoms with van der Waals surface area (Å²) >= 11 is 0. The highest BCUT2D eigenvalue weighted by molar-refractivity contribution is 5.70. The fourth-order valence-electron chi connectivity index (χ4n) is 0.958. The molecular weight excluding hydrogens is 184 g/mol. The van der Waals surface area contributed by atoms with Gasteiger partial charge in [-0.2, -0.15) is 5.26 Å². The molecule has 6 heteroatoms. The minimum Gasteiger partial charge on any atom is -0.481 e. The van der Waals surface area contributed by atoms with Crippen LogP contribution in [0.3, 0.4) is 0 Å². The van der Waals surface area contributed by atoms with Gasteiger partial charge in [-0.05, 0) is 13.8 Å². The molecule has 6 nitrogen and oxygen atoms in total. The second-order valence-corrected chi connectivity index (χ2v) is 3.03. The zero-order chi connectivity index (χ0) is 10.7. The van der Waals surface area contributed by atoms with Gasteiger partial charge in [0.1, 0.15) is 12.4 Å². The summed E-state index contributed by atoms with van der Waals surface area (Å²) in [6.45, 7) is 3.30. The van der Waals surface area contributed by atoms with Gasteiger partial charge in [0.15, 0.2) is 0 Å². The molecule has 1 N–H and O–H groups in total. The van der Waals surface area contributed by atoms with Gasteiger partial charge in [-0.1, -0.05) is 0 Å². The maximum absolute atomic E-state index is 10.7. The molecule has 2 atom stereocenters. The number of rotatable bonds is 3. The van der Waals surface area contributed by atoms with Gasteiger partial charge < -0.3 is 5.11 Å². The average molecular weight is 194 g/mol. The molecule has 0 radical (unpaired) electrons. The molecule has 0 saturated heterocycles. The predicted octanol–water partition coefficient (Wildman–Crippen LogP) is 0.431. The molecule has 2 unspecified atom stereocenters. The van der Waals surface area contributed by atoms with E-state index in [-0.39, 0.29) is 11.9 Å². The lowest BCUT2D eigenvalue weighted by atomic mass is 10.1. The Morgan fingerprint density at radius 1 is 1.71 bits per heavy atom. The second kappa shape index (κ2) is 3.87. The lowest BCUT2D eigenvalue weighted by molar-refractivity contribution is -0.142. The molecule has 0 aliphatic heterocycles. The summed E-state index contributed by atoms with van der Waals surface area (Å²) < 4.78 is 1.39. The van der Waals surface area contributed by atoms with Crippen molar-refractivity contribution in [3.63, 3.8) is 0 Å². The molecule has 1 heterocycles. The van der Waals surface area contributed by atoms with Crippen LogP contribution in [0.5, 0.6) is 0 Å². The molecule has 74 valence electrons. The third-order valence-electron chi connectivity index (χ3n) is 2.14. The van der Waals surface area contributed by atoms with E-state index >= 15 is 0 Å². The third kappa shape index (κ3) is 1.88. The van der Waals surface area contributed by atoms with Crippen molar-refractivity contribution in [1.29, 1.82) is 5.26 Å². The van der Waals surface area contributed by atoms with E-state index in [1.54, 1.807) is 19.9 Å². The van der Waals surface area contributed by atoms with Crippen LogP contribution in [0.25, 0.3) is 0 Å². The minimum atomic E-state index is -0.897.